The molecule has 1 atom stereocenters. The van der Waals surface area contributed by atoms with Crippen molar-refractivity contribution in [1.82, 2.24) is 0 Å². The lowest BCUT2D eigenvalue weighted by atomic mass is 9.95. The minimum Gasteiger partial charge on any atom is -0.364 e. The molecule has 1 rings (SSSR count). The quantitative estimate of drug-likeness (QED) is 0.458. The van der Waals surface area contributed by atoms with E-state index in [0.29, 0.717) is 0 Å². The SMILES string of the molecule is Bc1ccc(C(O)OC)cc1. The number of rotatable bonds is 2. The van der Waals surface area contributed by atoms with Crippen molar-refractivity contribution < 1.29 is 9.84 Å². The summed E-state index contributed by atoms with van der Waals surface area (Å²) < 4.78 is 4.73. The van der Waals surface area contributed by atoms with E-state index in [9.17, 15) is 5.11 Å². The molecule has 0 fully saturated rings. The Bertz CT molecular complexity index is 220. The first kappa shape index (κ1) is 8.30. The van der Waals surface area contributed by atoms with Gasteiger partial charge < -0.3 is 9.84 Å². The van der Waals surface area contributed by atoms with Gasteiger partial charge in [-0.05, 0) is 0 Å². The normalized spacial score (nSPS) is 12.9. The predicted molar refractivity (Wildman–Crippen MR) is 46.6 cm³/mol. The van der Waals surface area contributed by atoms with Crippen LogP contribution in [-0.4, -0.2) is 20.1 Å². The van der Waals surface area contributed by atoms with Gasteiger partial charge in [-0.15, -0.1) is 0 Å². The zero-order valence-electron chi connectivity index (χ0n) is 6.74. The molecule has 1 aromatic carbocycles. The summed E-state index contributed by atoms with van der Waals surface area (Å²) in [6.45, 7) is 0. The van der Waals surface area contributed by atoms with E-state index in [1.54, 1.807) is 0 Å². The van der Waals surface area contributed by atoms with Crippen molar-refractivity contribution in [2.75, 3.05) is 7.11 Å². The van der Waals surface area contributed by atoms with Crippen LogP contribution in [0.2, 0.25) is 0 Å². The fourth-order valence-corrected chi connectivity index (χ4v) is 0.867. The minimum atomic E-state index is -0.796. The Morgan fingerprint density at radius 3 is 2.36 bits per heavy atom. The lowest BCUT2D eigenvalue weighted by molar-refractivity contribution is -0.0769. The molecule has 3 heteroatoms. The smallest absolute Gasteiger partial charge is 0.180 e. The van der Waals surface area contributed by atoms with E-state index in [2.05, 4.69) is 0 Å². The van der Waals surface area contributed by atoms with Crippen LogP contribution in [0.15, 0.2) is 24.3 Å². The molecular formula is C8H11BO2. The highest BCUT2D eigenvalue weighted by Gasteiger charge is 2.02. The number of benzene rings is 1. The molecule has 0 aliphatic heterocycles. The van der Waals surface area contributed by atoms with Gasteiger partial charge in [0.05, 0.1) is 0 Å². The van der Waals surface area contributed by atoms with Crippen molar-refractivity contribution >= 4 is 13.3 Å². The Hall–Kier alpha value is -0.795. The molecule has 1 aromatic rings. The first-order valence-corrected chi connectivity index (χ1v) is 3.51. The van der Waals surface area contributed by atoms with E-state index < -0.39 is 6.29 Å². The van der Waals surface area contributed by atoms with Gasteiger partial charge in [0.1, 0.15) is 7.85 Å². The second-order valence-corrected chi connectivity index (χ2v) is 2.50. The topological polar surface area (TPSA) is 29.5 Å². The van der Waals surface area contributed by atoms with Gasteiger partial charge in [0, 0.05) is 12.7 Å². The van der Waals surface area contributed by atoms with Crippen molar-refractivity contribution in [3.05, 3.63) is 29.8 Å². The van der Waals surface area contributed by atoms with Gasteiger partial charge in [0.25, 0.3) is 0 Å². The van der Waals surface area contributed by atoms with Gasteiger partial charge in [0.2, 0.25) is 0 Å². The molecule has 1 unspecified atom stereocenters. The second kappa shape index (κ2) is 3.55. The van der Waals surface area contributed by atoms with Crippen molar-refractivity contribution in [3.8, 4) is 0 Å². The Morgan fingerprint density at radius 1 is 1.36 bits per heavy atom. The molecule has 0 radical (unpaired) electrons. The van der Waals surface area contributed by atoms with Crippen LogP contribution in [0, 0.1) is 0 Å². The molecule has 58 valence electrons. The van der Waals surface area contributed by atoms with Gasteiger partial charge in [0.15, 0.2) is 6.29 Å². The van der Waals surface area contributed by atoms with E-state index >= 15 is 0 Å². The summed E-state index contributed by atoms with van der Waals surface area (Å²) in [6, 6.07) is 7.59. The summed E-state index contributed by atoms with van der Waals surface area (Å²) in [6.07, 6.45) is -0.796. The zero-order valence-corrected chi connectivity index (χ0v) is 6.74. The average molecular weight is 150 g/mol. The third-order valence-electron chi connectivity index (χ3n) is 1.59. The van der Waals surface area contributed by atoms with E-state index in [0.717, 1.165) is 5.56 Å². The molecule has 0 aliphatic rings. The molecule has 0 saturated heterocycles. The monoisotopic (exact) mass is 150 g/mol. The van der Waals surface area contributed by atoms with E-state index in [1.807, 2.05) is 32.1 Å². The molecule has 1 N–H and O–H groups in total. The maximum Gasteiger partial charge on any atom is 0.180 e. The van der Waals surface area contributed by atoms with Crippen molar-refractivity contribution in [2.24, 2.45) is 0 Å². The summed E-state index contributed by atoms with van der Waals surface area (Å²) >= 11 is 0. The zero-order chi connectivity index (χ0) is 8.27. The molecule has 11 heavy (non-hydrogen) atoms. The summed E-state index contributed by atoms with van der Waals surface area (Å²) in [5, 5.41) is 9.20. The van der Waals surface area contributed by atoms with Crippen molar-refractivity contribution in [3.63, 3.8) is 0 Å². The molecule has 0 spiro atoms. The van der Waals surface area contributed by atoms with Crippen molar-refractivity contribution in [1.29, 1.82) is 0 Å². The predicted octanol–water partition coefficient (Wildman–Crippen LogP) is -0.418. The third kappa shape index (κ3) is 2.07. The maximum absolute atomic E-state index is 9.20. The van der Waals surface area contributed by atoms with Gasteiger partial charge in [-0.2, -0.15) is 0 Å². The Morgan fingerprint density at radius 2 is 1.91 bits per heavy atom. The van der Waals surface area contributed by atoms with Gasteiger partial charge >= 0.3 is 0 Å². The molecule has 0 bridgehead atoms. The fourth-order valence-electron chi connectivity index (χ4n) is 0.867. The first-order chi connectivity index (χ1) is 5.24. The van der Waals surface area contributed by atoms with E-state index in [4.69, 9.17) is 4.74 Å². The number of aliphatic hydroxyl groups excluding tert-OH is 1. The van der Waals surface area contributed by atoms with Crippen LogP contribution >= 0.6 is 0 Å². The van der Waals surface area contributed by atoms with Crippen LogP contribution in [0.4, 0.5) is 0 Å². The Balaban J connectivity index is 2.81. The summed E-state index contributed by atoms with van der Waals surface area (Å²) in [4.78, 5) is 0. The summed E-state index contributed by atoms with van der Waals surface area (Å²) in [7, 11) is 3.48. The standard InChI is InChI=1S/C8H11BO2/c1-11-8(10)6-2-4-7(9)5-3-6/h2-5,8,10H,9H2,1H3. The van der Waals surface area contributed by atoms with Gasteiger partial charge in [-0.1, -0.05) is 29.7 Å². The highest BCUT2D eigenvalue weighted by atomic mass is 16.6. The molecule has 0 aromatic heterocycles. The molecule has 0 saturated carbocycles. The first-order valence-electron chi connectivity index (χ1n) is 3.51. The second-order valence-electron chi connectivity index (χ2n) is 2.50. The van der Waals surface area contributed by atoms with E-state index in [1.165, 1.54) is 12.6 Å². The maximum atomic E-state index is 9.20. The minimum absolute atomic E-state index is 0.790. The highest BCUT2D eigenvalue weighted by molar-refractivity contribution is 6.32. The van der Waals surface area contributed by atoms with Crippen molar-refractivity contribution in [2.45, 2.75) is 6.29 Å². The summed E-state index contributed by atoms with van der Waals surface area (Å²) in [5.74, 6) is 0. The lowest BCUT2D eigenvalue weighted by Crippen LogP contribution is -2.04. The third-order valence-corrected chi connectivity index (χ3v) is 1.59. The Kier molecular flexibility index (Phi) is 2.68. The largest absolute Gasteiger partial charge is 0.364 e. The molecule has 0 aliphatic carbocycles. The van der Waals surface area contributed by atoms with Crippen LogP contribution in [0.3, 0.4) is 0 Å². The molecule has 0 amide bonds. The summed E-state index contributed by atoms with van der Waals surface area (Å²) in [5.41, 5.74) is 1.97. The lowest BCUT2D eigenvalue weighted by Gasteiger charge is -2.07. The molecule has 2 nitrogen and oxygen atoms in total. The van der Waals surface area contributed by atoms with Crippen LogP contribution in [0.25, 0.3) is 0 Å². The Labute approximate surface area is 67.2 Å². The number of hydrogen-bond acceptors (Lipinski definition) is 2. The molecular weight excluding hydrogens is 139 g/mol. The van der Waals surface area contributed by atoms with Crippen LogP contribution < -0.4 is 5.46 Å². The number of methoxy groups -OCH3 is 1. The van der Waals surface area contributed by atoms with Crippen LogP contribution in [0.1, 0.15) is 11.9 Å². The van der Waals surface area contributed by atoms with Gasteiger partial charge in [-0.25, -0.2) is 0 Å². The number of aliphatic hydroxyl groups is 1. The van der Waals surface area contributed by atoms with Crippen LogP contribution in [0.5, 0.6) is 0 Å². The fraction of sp³-hybridized carbons (Fsp3) is 0.250. The van der Waals surface area contributed by atoms with Crippen LogP contribution in [-0.2, 0) is 4.74 Å². The average Bonchev–Trinajstić information content (AvgIpc) is 2.05. The van der Waals surface area contributed by atoms with E-state index in [-0.39, 0.29) is 0 Å². The molecule has 0 heterocycles. The van der Waals surface area contributed by atoms with Gasteiger partial charge in [-0.3, -0.25) is 0 Å². The number of ether oxygens (including phenoxy) is 1. The highest BCUT2D eigenvalue weighted by Crippen LogP contribution is 2.10. The number of hydrogen-bond donors (Lipinski definition) is 1.